The van der Waals surface area contributed by atoms with Crippen LogP contribution >= 0.6 is 23.2 Å². The SMILES string of the molecule is Cc1cccc(Nc2ccccc2C(=O)Nc2cccc(Cl)c2Cl)c1C. The molecule has 0 saturated carbocycles. The smallest absolute Gasteiger partial charge is 0.257 e. The van der Waals surface area contributed by atoms with Crippen LogP contribution < -0.4 is 10.6 Å². The van der Waals surface area contributed by atoms with Crippen molar-refractivity contribution in [3.05, 3.63) is 87.4 Å². The van der Waals surface area contributed by atoms with E-state index in [4.69, 9.17) is 23.2 Å². The summed E-state index contributed by atoms with van der Waals surface area (Å²) in [6.07, 6.45) is 0. The molecule has 26 heavy (non-hydrogen) atoms. The standard InChI is InChI=1S/C21H18Cl2N2O/c1-13-7-5-11-17(14(13)2)24-18-10-4-3-8-15(18)21(26)25-19-12-6-9-16(22)20(19)23/h3-12,24H,1-2H3,(H,25,26). The summed E-state index contributed by atoms with van der Waals surface area (Å²) in [5.74, 6) is -0.262. The molecule has 0 radical (unpaired) electrons. The highest BCUT2D eigenvalue weighted by atomic mass is 35.5. The molecule has 0 bridgehead atoms. The maximum Gasteiger partial charge on any atom is 0.257 e. The van der Waals surface area contributed by atoms with Gasteiger partial charge in [0.15, 0.2) is 0 Å². The Labute approximate surface area is 163 Å². The van der Waals surface area contributed by atoms with E-state index in [0.717, 1.165) is 16.9 Å². The second-order valence-electron chi connectivity index (χ2n) is 5.97. The number of rotatable bonds is 4. The Morgan fingerprint density at radius 2 is 1.46 bits per heavy atom. The van der Waals surface area contributed by atoms with Gasteiger partial charge in [-0.3, -0.25) is 4.79 Å². The van der Waals surface area contributed by atoms with Crippen LogP contribution in [0.15, 0.2) is 60.7 Å². The van der Waals surface area contributed by atoms with Crippen molar-refractivity contribution in [2.75, 3.05) is 10.6 Å². The number of anilines is 3. The molecule has 0 atom stereocenters. The highest BCUT2D eigenvalue weighted by molar-refractivity contribution is 6.44. The van der Waals surface area contributed by atoms with Crippen LogP contribution in [0.1, 0.15) is 21.5 Å². The van der Waals surface area contributed by atoms with E-state index in [1.165, 1.54) is 5.56 Å². The molecule has 0 saturated heterocycles. The molecule has 5 heteroatoms. The molecule has 0 aromatic heterocycles. The Morgan fingerprint density at radius 3 is 2.27 bits per heavy atom. The van der Waals surface area contributed by atoms with E-state index in [0.29, 0.717) is 21.3 Å². The number of nitrogens with one attached hydrogen (secondary N) is 2. The molecule has 3 rings (SSSR count). The highest BCUT2D eigenvalue weighted by Crippen LogP contribution is 2.31. The third-order valence-electron chi connectivity index (χ3n) is 4.25. The van der Waals surface area contributed by atoms with Gasteiger partial charge in [0.1, 0.15) is 0 Å². The van der Waals surface area contributed by atoms with E-state index in [9.17, 15) is 4.79 Å². The number of carbonyl (C=O) groups is 1. The minimum absolute atomic E-state index is 0.262. The quantitative estimate of drug-likeness (QED) is 0.531. The summed E-state index contributed by atoms with van der Waals surface area (Å²) < 4.78 is 0. The van der Waals surface area contributed by atoms with E-state index < -0.39 is 0 Å². The average Bonchev–Trinajstić information content (AvgIpc) is 2.63. The molecule has 132 valence electrons. The minimum Gasteiger partial charge on any atom is -0.355 e. The second-order valence-corrected chi connectivity index (χ2v) is 6.76. The number of aryl methyl sites for hydroxylation is 1. The molecule has 0 aliphatic rings. The molecule has 2 N–H and O–H groups in total. The van der Waals surface area contributed by atoms with Crippen molar-refractivity contribution in [2.45, 2.75) is 13.8 Å². The molecule has 0 fully saturated rings. The number of hydrogen-bond donors (Lipinski definition) is 2. The Morgan fingerprint density at radius 1 is 0.808 bits per heavy atom. The van der Waals surface area contributed by atoms with Gasteiger partial charge in [0.2, 0.25) is 0 Å². The van der Waals surface area contributed by atoms with Crippen LogP contribution in [0.5, 0.6) is 0 Å². The first-order valence-corrected chi connectivity index (χ1v) is 8.90. The first-order valence-electron chi connectivity index (χ1n) is 8.15. The van der Waals surface area contributed by atoms with Crippen LogP contribution in [0.25, 0.3) is 0 Å². The Balaban J connectivity index is 1.90. The summed E-state index contributed by atoms with van der Waals surface area (Å²) in [7, 11) is 0. The maximum absolute atomic E-state index is 12.8. The third kappa shape index (κ3) is 3.85. The first-order chi connectivity index (χ1) is 12.5. The fourth-order valence-electron chi connectivity index (χ4n) is 2.61. The van der Waals surface area contributed by atoms with Gasteiger partial charge in [-0.25, -0.2) is 0 Å². The minimum atomic E-state index is -0.262. The van der Waals surface area contributed by atoms with E-state index in [2.05, 4.69) is 23.6 Å². The van der Waals surface area contributed by atoms with Crippen molar-refractivity contribution in [1.82, 2.24) is 0 Å². The topological polar surface area (TPSA) is 41.1 Å². The van der Waals surface area contributed by atoms with Crippen molar-refractivity contribution >= 4 is 46.2 Å². The lowest BCUT2D eigenvalue weighted by Gasteiger charge is -2.15. The van der Waals surface area contributed by atoms with Gasteiger partial charge in [-0.1, -0.05) is 53.5 Å². The molecular weight excluding hydrogens is 367 g/mol. The zero-order valence-corrected chi connectivity index (χ0v) is 15.9. The van der Waals surface area contributed by atoms with Crippen LogP contribution in [0.3, 0.4) is 0 Å². The zero-order chi connectivity index (χ0) is 18.7. The maximum atomic E-state index is 12.8. The molecule has 3 aromatic rings. The predicted molar refractivity (Wildman–Crippen MR) is 110 cm³/mol. The summed E-state index contributed by atoms with van der Waals surface area (Å²) in [5, 5.41) is 6.90. The van der Waals surface area contributed by atoms with E-state index >= 15 is 0 Å². The number of benzene rings is 3. The number of para-hydroxylation sites is 1. The fraction of sp³-hybridized carbons (Fsp3) is 0.0952. The summed E-state index contributed by atoms with van der Waals surface area (Å²) >= 11 is 12.2. The van der Waals surface area contributed by atoms with Gasteiger partial charge < -0.3 is 10.6 Å². The van der Waals surface area contributed by atoms with E-state index in [1.807, 2.05) is 37.3 Å². The molecule has 0 aliphatic carbocycles. The van der Waals surface area contributed by atoms with Gasteiger partial charge >= 0.3 is 0 Å². The van der Waals surface area contributed by atoms with Crippen LogP contribution in [0.4, 0.5) is 17.1 Å². The van der Waals surface area contributed by atoms with Crippen molar-refractivity contribution in [1.29, 1.82) is 0 Å². The van der Waals surface area contributed by atoms with Gasteiger partial charge in [-0.15, -0.1) is 0 Å². The normalized spacial score (nSPS) is 10.5. The highest BCUT2D eigenvalue weighted by Gasteiger charge is 2.14. The van der Waals surface area contributed by atoms with Crippen LogP contribution in [-0.4, -0.2) is 5.91 Å². The Bertz CT molecular complexity index is 970. The second kappa shape index (κ2) is 7.81. The lowest BCUT2D eigenvalue weighted by molar-refractivity contribution is 0.102. The van der Waals surface area contributed by atoms with E-state index in [1.54, 1.807) is 24.3 Å². The summed E-state index contributed by atoms with van der Waals surface area (Å²) in [5.41, 5.74) is 5.00. The van der Waals surface area contributed by atoms with Gasteiger partial charge in [-0.2, -0.15) is 0 Å². The molecule has 3 aromatic carbocycles. The Hall–Kier alpha value is -2.49. The van der Waals surface area contributed by atoms with Gasteiger partial charge in [-0.05, 0) is 55.3 Å². The molecule has 0 heterocycles. The van der Waals surface area contributed by atoms with Crippen molar-refractivity contribution < 1.29 is 4.79 Å². The van der Waals surface area contributed by atoms with Gasteiger partial charge in [0, 0.05) is 5.69 Å². The molecule has 0 aliphatic heterocycles. The largest absolute Gasteiger partial charge is 0.355 e. The monoisotopic (exact) mass is 384 g/mol. The van der Waals surface area contributed by atoms with Crippen molar-refractivity contribution in [3.63, 3.8) is 0 Å². The molecule has 3 nitrogen and oxygen atoms in total. The summed E-state index contributed by atoms with van der Waals surface area (Å²) in [6, 6.07) is 18.5. The van der Waals surface area contributed by atoms with Crippen molar-refractivity contribution in [2.24, 2.45) is 0 Å². The number of halogens is 2. The molecule has 1 amide bonds. The molecule has 0 spiro atoms. The first kappa shape index (κ1) is 18.3. The average molecular weight is 385 g/mol. The predicted octanol–water partition coefficient (Wildman–Crippen LogP) is 6.61. The van der Waals surface area contributed by atoms with Gasteiger partial charge in [0.25, 0.3) is 5.91 Å². The Kier molecular flexibility index (Phi) is 5.50. The number of amides is 1. The number of hydrogen-bond acceptors (Lipinski definition) is 2. The number of carbonyl (C=O) groups excluding carboxylic acids is 1. The summed E-state index contributed by atoms with van der Waals surface area (Å²) in [6.45, 7) is 4.10. The molecular formula is C21H18Cl2N2O. The summed E-state index contributed by atoms with van der Waals surface area (Å²) in [4.78, 5) is 12.8. The van der Waals surface area contributed by atoms with Crippen LogP contribution in [0, 0.1) is 13.8 Å². The lowest BCUT2D eigenvalue weighted by atomic mass is 10.1. The van der Waals surface area contributed by atoms with Gasteiger partial charge in [0.05, 0.1) is 27.0 Å². The van der Waals surface area contributed by atoms with Crippen LogP contribution in [0.2, 0.25) is 10.0 Å². The van der Waals surface area contributed by atoms with Crippen LogP contribution in [-0.2, 0) is 0 Å². The fourth-order valence-corrected chi connectivity index (χ4v) is 2.96. The zero-order valence-electron chi connectivity index (χ0n) is 14.4. The molecule has 0 unspecified atom stereocenters. The van der Waals surface area contributed by atoms with E-state index in [-0.39, 0.29) is 5.91 Å². The van der Waals surface area contributed by atoms with Crippen molar-refractivity contribution in [3.8, 4) is 0 Å². The lowest BCUT2D eigenvalue weighted by Crippen LogP contribution is -2.14. The third-order valence-corrected chi connectivity index (χ3v) is 5.06.